The van der Waals surface area contributed by atoms with Gasteiger partial charge in [0.05, 0.1) is 11.8 Å². The second-order valence-corrected chi connectivity index (χ2v) is 39.0. The predicted octanol–water partition coefficient (Wildman–Crippen LogP) is 25.7. The fourth-order valence-corrected chi connectivity index (χ4v) is 22.1. The number of halogens is 4. The number of ketones is 2. The van der Waals surface area contributed by atoms with Crippen molar-refractivity contribution in [2.45, 2.75) is 35.2 Å². The molecule has 24 rings (SSSR count). The molecule has 0 spiro atoms. The molecule has 694 valence electrons. The van der Waals surface area contributed by atoms with Crippen molar-refractivity contribution in [3.63, 3.8) is 0 Å². The van der Waals surface area contributed by atoms with Crippen molar-refractivity contribution in [2.75, 3.05) is 13.2 Å². The van der Waals surface area contributed by atoms with Crippen LogP contribution in [0.2, 0.25) is 0 Å². The molecular weight excluding hydrogens is 2010 g/mol. The number of allylic oxidation sites excluding steroid dienone is 8. The smallest absolute Gasteiger partial charge is 0.381 e. The Hall–Kier alpha value is -12.6. The van der Waals surface area contributed by atoms with E-state index in [-0.39, 0.29) is 61.1 Å². The quantitative estimate of drug-likeness (QED) is 0.0751. The van der Waals surface area contributed by atoms with E-state index in [1.807, 2.05) is 322 Å². The molecule has 10 unspecified atom stereocenters. The topological polar surface area (TPSA) is 124 Å². The summed E-state index contributed by atoms with van der Waals surface area (Å²) in [6.07, 6.45) is 26.1. The summed E-state index contributed by atoms with van der Waals surface area (Å²) >= 11 is 14.2. The molecule has 1 aliphatic heterocycles. The standard InChI is InChI=1S/2C38H29BrO2.C14H9BrO2.C12H9Br.2C12H9.C4H8O.2Li/c2*39-28-23-24-35-36(25-28)38(41,32-20-10-8-18-30(32)27-15-5-2-6-16-27)34-22-12-11-21-33(34)37(35,40)31-19-9-7-17-29(31)26-13-3-1-4-14-26;15-8-5-6-11-12(7-8)14(17)10-4-2-1-3-9(10)13(11)16;13-12-9-5-4-8-11(12)10-6-2-1-3-7-10;2*1-3-7-11(8-4-1)12-9-5-2-6-10-12;1-2-4-5-3-1;;/h2*1-25,33-34,40-41H;1-7,9-10H;1-9H;2*1-9H;1-4H2;;/q;;;;2*-1;;2*+1. The van der Waals surface area contributed by atoms with Gasteiger partial charge in [0.25, 0.3) is 0 Å². The third-order valence-corrected chi connectivity index (χ3v) is 29.3. The number of carbonyl (C=O) groups excluding carboxylic acids is 2. The van der Waals surface area contributed by atoms with Gasteiger partial charge in [-0.25, -0.2) is 0 Å². The molecule has 7 nitrogen and oxygen atoms in total. The molecule has 1 saturated heterocycles. The molecule has 17 aromatic rings. The average molecular weight is 2110 g/mol. The van der Waals surface area contributed by atoms with Gasteiger partial charge in [-0.1, -0.05) is 487 Å². The summed E-state index contributed by atoms with van der Waals surface area (Å²) in [5.74, 6) is -2.31. The van der Waals surface area contributed by atoms with E-state index >= 15 is 0 Å². The molecule has 143 heavy (non-hydrogen) atoms. The molecule has 0 saturated carbocycles. The number of aliphatic hydroxyl groups is 4. The molecule has 7 aliphatic rings. The Morgan fingerprint density at radius 1 is 0.238 bits per heavy atom. The Labute approximate surface area is 896 Å². The zero-order chi connectivity index (χ0) is 97.1. The van der Waals surface area contributed by atoms with Gasteiger partial charge in [-0.05, 0) is 162 Å². The van der Waals surface area contributed by atoms with E-state index in [0.717, 1.165) is 109 Å². The van der Waals surface area contributed by atoms with Crippen LogP contribution < -0.4 is 37.7 Å². The van der Waals surface area contributed by atoms with Crippen molar-refractivity contribution in [3.8, 4) is 77.9 Å². The monoisotopic (exact) mass is 2100 g/mol. The molecule has 0 radical (unpaired) electrons. The average Bonchev–Trinajstić information content (AvgIpc) is 1.43. The van der Waals surface area contributed by atoms with Crippen molar-refractivity contribution in [1.29, 1.82) is 0 Å². The van der Waals surface area contributed by atoms with Gasteiger partial charge in [-0.15, -0.1) is 71.8 Å². The van der Waals surface area contributed by atoms with Gasteiger partial charge in [0, 0.05) is 65.9 Å². The maximum atomic E-state index is 13.2. The Kier molecular flexibility index (Phi) is 34.8. The minimum atomic E-state index is -1.41. The number of carbonyl (C=O) groups is 2. The van der Waals surface area contributed by atoms with Crippen LogP contribution in [0, 0.1) is 47.6 Å². The summed E-state index contributed by atoms with van der Waals surface area (Å²) in [6.45, 7) is 2.00. The van der Waals surface area contributed by atoms with E-state index in [1.165, 1.54) is 35.1 Å². The van der Waals surface area contributed by atoms with Crippen LogP contribution in [-0.4, -0.2) is 45.2 Å². The minimum Gasteiger partial charge on any atom is -0.381 e. The first-order valence-electron chi connectivity index (χ1n) is 47.5. The minimum absolute atomic E-state index is 0. The number of rotatable bonds is 11. The van der Waals surface area contributed by atoms with Gasteiger partial charge >= 0.3 is 37.7 Å². The van der Waals surface area contributed by atoms with Crippen molar-refractivity contribution in [3.05, 3.63) is 595 Å². The second kappa shape index (κ2) is 48.2. The van der Waals surface area contributed by atoms with Gasteiger partial charge < -0.3 is 25.2 Å². The molecular formula is C130H102Br4Li2O7. The summed E-state index contributed by atoms with van der Waals surface area (Å²) in [4.78, 5) is 24.5. The van der Waals surface area contributed by atoms with Gasteiger partial charge in [0.2, 0.25) is 0 Å². The van der Waals surface area contributed by atoms with E-state index in [4.69, 9.17) is 4.74 Å². The van der Waals surface area contributed by atoms with Crippen molar-refractivity contribution < 1.29 is 72.5 Å². The normalized spacial score (nSPS) is 20.4. The molecule has 0 aromatic heterocycles. The fourth-order valence-electron chi connectivity index (χ4n) is 20.5. The van der Waals surface area contributed by atoms with E-state index in [1.54, 1.807) is 18.2 Å². The van der Waals surface area contributed by atoms with E-state index in [0.29, 0.717) is 33.4 Å². The molecule has 17 aromatic carbocycles. The largest absolute Gasteiger partial charge is 1.00 e. The zero-order valence-electron chi connectivity index (χ0n) is 79.3. The third-order valence-electron chi connectivity index (χ3n) is 27.1. The molecule has 0 bridgehead atoms. The maximum Gasteiger partial charge on any atom is 1.00 e. The second-order valence-electron chi connectivity index (χ2n) is 35.4. The van der Waals surface area contributed by atoms with Gasteiger partial charge in [-0.2, -0.15) is 0 Å². The van der Waals surface area contributed by atoms with Crippen LogP contribution in [0.3, 0.4) is 0 Å². The number of benzene rings is 17. The molecule has 6 aliphatic carbocycles. The van der Waals surface area contributed by atoms with Gasteiger partial charge in [0.1, 0.15) is 22.4 Å². The Bertz CT molecular complexity index is 6970. The SMILES string of the molecule is Brc1ccccc1-c1ccccc1.C1CCOC1.O=C1c2ccc(Br)cc2C(=O)C2C=CC=CC12.OC1(c2ccccc2-c2ccccc2)c2ccc(Br)cc2C(O)(c2ccccc2-c2ccccc2)C2C=CC=CC21.OC1(c2ccccc2-c2ccccc2)c2ccc(Br)cc2C(O)(c2ccccc2-c2ccccc2)C2C=CC=CC21.[Li+].[Li+].[c-]1ccccc1-c1ccccc1.[c-]1ccccc1-c1ccccc1. The predicted molar refractivity (Wildman–Crippen MR) is 587 cm³/mol. The van der Waals surface area contributed by atoms with Gasteiger partial charge in [0.15, 0.2) is 11.6 Å². The van der Waals surface area contributed by atoms with Crippen molar-refractivity contribution >= 4 is 75.3 Å². The van der Waals surface area contributed by atoms with Gasteiger partial charge in [-0.3, -0.25) is 9.59 Å². The van der Waals surface area contributed by atoms with Crippen LogP contribution in [-0.2, 0) is 27.1 Å². The number of hydrogen-bond donors (Lipinski definition) is 4. The fraction of sp³-hybridized carbons (Fsp3) is 0.108. The van der Waals surface area contributed by atoms with E-state index in [9.17, 15) is 30.0 Å². The molecule has 0 amide bonds. The maximum absolute atomic E-state index is 13.2. The summed E-state index contributed by atoms with van der Waals surface area (Å²) < 4.78 is 8.60. The number of hydrogen-bond acceptors (Lipinski definition) is 7. The van der Waals surface area contributed by atoms with Crippen LogP contribution in [0.4, 0.5) is 0 Å². The first kappa shape index (κ1) is 103. The Balaban J connectivity index is 0.000000131. The molecule has 13 heteroatoms. The molecule has 1 fully saturated rings. The number of ether oxygens (including phenoxy) is 1. The summed E-state index contributed by atoms with van der Waals surface area (Å²) in [6, 6.07) is 152. The first-order valence-corrected chi connectivity index (χ1v) is 50.7. The summed E-state index contributed by atoms with van der Waals surface area (Å²) in [5, 5.41) is 52.8. The molecule has 10 atom stereocenters. The summed E-state index contributed by atoms with van der Waals surface area (Å²) in [7, 11) is 0. The van der Waals surface area contributed by atoms with Crippen LogP contribution in [0.25, 0.3) is 77.9 Å². The van der Waals surface area contributed by atoms with Crippen LogP contribution >= 0.6 is 63.7 Å². The number of Topliss-reactive ketones (excluding diaryl/α,β-unsaturated/α-hetero) is 2. The first-order chi connectivity index (χ1) is 69.0. The van der Waals surface area contributed by atoms with Crippen LogP contribution in [0.5, 0.6) is 0 Å². The van der Waals surface area contributed by atoms with E-state index < -0.39 is 46.1 Å². The van der Waals surface area contributed by atoms with Crippen molar-refractivity contribution in [1.82, 2.24) is 0 Å². The molecule has 4 N–H and O–H groups in total. The summed E-state index contributed by atoms with van der Waals surface area (Å²) in [5.41, 5.74) is 16.8. The Morgan fingerprint density at radius 3 is 0.804 bits per heavy atom. The van der Waals surface area contributed by atoms with E-state index in [2.05, 4.69) is 246 Å². The van der Waals surface area contributed by atoms with Crippen molar-refractivity contribution in [2.24, 2.45) is 35.5 Å². The number of fused-ring (bicyclic) bond motifs is 6. The Morgan fingerprint density at radius 2 is 0.497 bits per heavy atom. The molecule has 1 heterocycles. The van der Waals surface area contributed by atoms with Crippen LogP contribution in [0.1, 0.15) is 78.1 Å². The van der Waals surface area contributed by atoms with Crippen LogP contribution in [0.15, 0.2) is 528 Å². The third kappa shape index (κ3) is 22.2. The zero-order valence-corrected chi connectivity index (χ0v) is 85.7.